The topological polar surface area (TPSA) is 99.5 Å². The largest absolute Gasteiger partial charge is 0.481 e. The second-order valence-corrected chi connectivity index (χ2v) is 4.04. The van der Waals surface area contributed by atoms with Gasteiger partial charge in [-0.25, -0.2) is 4.98 Å². The van der Waals surface area contributed by atoms with Gasteiger partial charge in [0.05, 0.1) is 12.1 Å². The molecule has 0 spiro atoms. The van der Waals surface area contributed by atoms with Gasteiger partial charge in [-0.15, -0.1) is 11.3 Å². The van der Waals surface area contributed by atoms with Crippen LogP contribution in [-0.4, -0.2) is 33.7 Å². The normalized spacial score (nSPS) is 9.93. The van der Waals surface area contributed by atoms with Gasteiger partial charge in [-0.2, -0.15) is 0 Å². The first kappa shape index (κ1) is 11.4. The predicted octanol–water partition coefficient (Wildman–Crippen LogP) is 0.575. The zero-order valence-electron chi connectivity index (χ0n) is 7.98. The van der Waals surface area contributed by atoms with Gasteiger partial charge in [0.1, 0.15) is 6.54 Å². The zero-order valence-corrected chi connectivity index (χ0v) is 8.80. The summed E-state index contributed by atoms with van der Waals surface area (Å²) >= 11 is 1.25. The molecule has 0 fully saturated rings. The Morgan fingerprint density at radius 2 is 2.07 bits per heavy atom. The molecule has 82 valence electrons. The second kappa shape index (κ2) is 4.74. The molecule has 0 unspecified atom stereocenters. The smallest absolute Gasteiger partial charge is 0.322 e. The summed E-state index contributed by atoms with van der Waals surface area (Å²) in [4.78, 5) is 25.5. The third kappa shape index (κ3) is 3.55. The van der Waals surface area contributed by atoms with Crippen LogP contribution in [0, 0.1) is 6.92 Å². The van der Waals surface area contributed by atoms with Gasteiger partial charge in [0.2, 0.25) is 0 Å². The van der Waals surface area contributed by atoms with E-state index in [-0.39, 0.29) is 13.0 Å². The van der Waals surface area contributed by atoms with Gasteiger partial charge in [-0.1, -0.05) is 0 Å². The molecule has 0 aliphatic heterocycles. The van der Waals surface area contributed by atoms with Crippen molar-refractivity contribution in [3.8, 4) is 0 Å². The third-order valence-electron chi connectivity index (χ3n) is 1.60. The van der Waals surface area contributed by atoms with Crippen LogP contribution >= 0.6 is 11.3 Å². The van der Waals surface area contributed by atoms with Crippen molar-refractivity contribution in [3.05, 3.63) is 10.6 Å². The molecular weight excluding hydrogens is 220 g/mol. The van der Waals surface area contributed by atoms with E-state index in [4.69, 9.17) is 10.2 Å². The maximum absolute atomic E-state index is 10.4. The van der Waals surface area contributed by atoms with Crippen molar-refractivity contribution in [3.63, 3.8) is 0 Å². The van der Waals surface area contributed by atoms with E-state index < -0.39 is 11.9 Å². The van der Waals surface area contributed by atoms with Crippen molar-refractivity contribution in [2.45, 2.75) is 13.3 Å². The first-order valence-electron chi connectivity index (χ1n) is 4.13. The number of carbonyl (C=O) groups is 2. The van der Waals surface area contributed by atoms with Gasteiger partial charge in [-0.3, -0.25) is 9.59 Å². The van der Waals surface area contributed by atoms with E-state index in [0.29, 0.717) is 10.8 Å². The van der Waals surface area contributed by atoms with E-state index in [2.05, 4.69) is 10.3 Å². The number of aliphatic carboxylic acids is 2. The van der Waals surface area contributed by atoms with Crippen LogP contribution in [0.5, 0.6) is 0 Å². The molecule has 0 aromatic carbocycles. The minimum atomic E-state index is -0.984. The maximum atomic E-state index is 10.4. The number of aromatic nitrogens is 1. The highest BCUT2D eigenvalue weighted by Gasteiger charge is 2.11. The fourth-order valence-electron chi connectivity index (χ4n) is 0.962. The number of hydrogen-bond acceptors (Lipinski definition) is 5. The molecule has 1 aromatic rings. The Morgan fingerprint density at radius 1 is 1.40 bits per heavy atom. The molecular formula is C8H10N2O4S. The van der Waals surface area contributed by atoms with E-state index in [1.54, 1.807) is 6.92 Å². The fraction of sp³-hybridized carbons (Fsp3) is 0.375. The minimum absolute atomic E-state index is 0.142. The van der Waals surface area contributed by atoms with Gasteiger partial charge in [-0.05, 0) is 6.92 Å². The van der Waals surface area contributed by atoms with Crippen LogP contribution in [0.1, 0.15) is 10.6 Å². The summed E-state index contributed by atoms with van der Waals surface area (Å²) in [5.74, 6) is -1.93. The number of aryl methyl sites for hydroxylation is 1. The summed E-state index contributed by atoms with van der Waals surface area (Å²) in [5.41, 5.74) is 0.473. The Labute approximate surface area is 89.6 Å². The Hall–Kier alpha value is -1.63. The fourth-order valence-corrected chi connectivity index (χ4v) is 1.79. The van der Waals surface area contributed by atoms with E-state index in [9.17, 15) is 9.59 Å². The second-order valence-electron chi connectivity index (χ2n) is 2.84. The molecule has 0 aliphatic carbocycles. The summed E-state index contributed by atoms with van der Waals surface area (Å²) in [6.07, 6.45) is -0.142. The Morgan fingerprint density at radius 3 is 2.60 bits per heavy atom. The van der Waals surface area contributed by atoms with Crippen LogP contribution in [-0.2, 0) is 16.0 Å². The Balaban J connectivity index is 2.68. The SMILES string of the molecule is Cc1sc(NCC(=O)O)nc1CC(=O)O. The van der Waals surface area contributed by atoms with Crippen molar-refractivity contribution < 1.29 is 19.8 Å². The number of nitrogens with zero attached hydrogens (tertiary/aromatic N) is 1. The number of nitrogens with one attached hydrogen (secondary N) is 1. The van der Waals surface area contributed by atoms with Gasteiger partial charge in [0.15, 0.2) is 5.13 Å². The van der Waals surface area contributed by atoms with Gasteiger partial charge in [0, 0.05) is 4.88 Å². The molecule has 0 aliphatic rings. The summed E-state index contributed by atoms with van der Waals surface area (Å²) < 4.78 is 0. The monoisotopic (exact) mass is 230 g/mol. The summed E-state index contributed by atoms with van der Waals surface area (Å²) in [7, 11) is 0. The number of hydrogen-bond donors (Lipinski definition) is 3. The Bertz CT molecular complexity index is 388. The molecule has 1 heterocycles. The van der Waals surface area contributed by atoms with E-state index in [1.165, 1.54) is 11.3 Å². The van der Waals surface area contributed by atoms with E-state index in [0.717, 1.165) is 4.88 Å². The molecule has 0 atom stereocenters. The maximum Gasteiger partial charge on any atom is 0.322 e. The van der Waals surface area contributed by atoms with Crippen molar-refractivity contribution in [2.24, 2.45) is 0 Å². The summed E-state index contributed by atoms with van der Waals surface area (Å²) in [6.45, 7) is 1.53. The third-order valence-corrected chi connectivity index (χ3v) is 2.57. The van der Waals surface area contributed by atoms with Crippen LogP contribution in [0.4, 0.5) is 5.13 Å². The molecule has 1 rings (SSSR count). The first-order chi connectivity index (χ1) is 6.99. The van der Waals surface area contributed by atoms with Gasteiger partial charge in [0.25, 0.3) is 0 Å². The van der Waals surface area contributed by atoms with Crippen LogP contribution < -0.4 is 5.32 Å². The van der Waals surface area contributed by atoms with E-state index in [1.807, 2.05) is 0 Å². The number of carboxylic acids is 2. The highest BCUT2D eigenvalue weighted by Crippen LogP contribution is 2.22. The Kier molecular flexibility index (Phi) is 3.62. The first-order valence-corrected chi connectivity index (χ1v) is 4.94. The molecule has 0 saturated carbocycles. The minimum Gasteiger partial charge on any atom is -0.481 e. The molecule has 0 saturated heterocycles. The van der Waals surface area contributed by atoms with Crippen molar-refractivity contribution >= 4 is 28.4 Å². The lowest BCUT2D eigenvalue weighted by Crippen LogP contribution is -2.12. The van der Waals surface area contributed by atoms with Crippen LogP contribution in [0.2, 0.25) is 0 Å². The molecule has 3 N–H and O–H groups in total. The molecule has 0 bridgehead atoms. The lowest BCUT2D eigenvalue weighted by Gasteiger charge is -1.95. The molecule has 0 radical (unpaired) electrons. The quantitative estimate of drug-likeness (QED) is 0.684. The molecule has 1 aromatic heterocycles. The average molecular weight is 230 g/mol. The van der Waals surface area contributed by atoms with Crippen LogP contribution in [0.3, 0.4) is 0 Å². The van der Waals surface area contributed by atoms with Gasteiger partial charge < -0.3 is 15.5 Å². The lowest BCUT2D eigenvalue weighted by molar-refractivity contribution is -0.136. The number of thiazole rings is 1. The molecule has 7 heteroatoms. The number of anilines is 1. The predicted molar refractivity (Wildman–Crippen MR) is 54.3 cm³/mol. The van der Waals surface area contributed by atoms with Crippen molar-refractivity contribution in [1.29, 1.82) is 0 Å². The summed E-state index contributed by atoms with van der Waals surface area (Å²) in [5, 5.41) is 20.0. The summed E-state index contributed by atoms with van der Waals surface area (Å²) in [6, 6.07) is 0. The van der Waals surface area contributed by atoms with Crippen LogP contribution in [0.15, 0.2) is 0 Å². The van der Waals surface area contributed by atoms with Gasteiger partial charge >= 0.3 is 11.9 Å². The zero-order chi connectivity index (χ0) is 11.4. The van der Waals surface area contributed by atoms with E-state index >= 15 is 0 Å². The molecule has 6 nitrogen and oxygen atoms in total. The standard InChI is InChI=1S/C8H10N2O4S/c1-4-5(2-6(11)12)10-8(15-4)9-3-7(13)14/h2-3H2,1H3,(H,9,10)(H,11,12)(H,13,14). The van der Waals surface area contributed by atoms with Crippen LogP contribution in [0.25, 0.3) is 0 Å². The highest BCUT2D eigenvalue weighted by molar-refractivity contribution is 7.15. The molecule has 15 heavy (non-hydrogen) atoms. The number of carboxylic acid groups (broad SMARTS) is 2. The number of rotatable bonds is 5. The lowest BCUT2D eigenvalue weighted by atomic mass is 10.3. The van der Waals surface area contributed by atoms with Crippen molar-refractivity contribution in [1.82, 2.24) is 4.98 Å². The van der Waals surface area contributed by atoms with Crippen molar-refractivity contribution in [2.75, 3.05) is 11.9 Å². The molecule has 0 amide bonds. The highest BCUT2D eigenvalue weighted by atomic mass is 32.1. The average Bonchev–Trinajstić information content (AvgIpc) is 2.43.